The highest BCUT2D eigenvalue weighted by Gasteiger charge is 2.21. The summed E-state index contributed by atoms with van der Waals surface area (Å²) >= 11 is 7.64. The van der Waals surface area contributed by atoms with Crippen LogP contribution in [-0.2, 0) is 9.53 Å². The monoisotopic (exact) mass is 673 g/mol. The lowest BCUT2D eigenvalue weighted by atomic mass is 9.98. The van der Waals surface area contributed by atoms with E-state index in [0.29, 0.717) is 51.6 Å². The summed E-state index contributed by atoms with van der Waals surface area (Å²) in [7, 11) is 0. The lowest BCUT2D eigenvalue weighted by molar-refractivity contribution is -0.137. The second kappa shape index (κ2) is 16.3. The number of anilines is 3. The molecule has 0 aliphatic carbocycles. The number of esters is 1. The molecule has 0 bridgehead atoms. The van der Waals surface area contributed by atoms with Crippen LogP contribution in [0.1, 0.15) is 58.5 Å². The Hall–Kier alpha value is -4.91. The molecule has 0 saturated heterocycles. The summed E-state index contributed by atoms with van der Waals surface area (Å²) < 4.78 is 5.52. The fraction of sp³-hybridized carbons (Fsp3) is 0.146. The smallest absolute Gasteiger partial charge is 0.307 e. The van der Waals surface area contributed by atoms with E-state index in [-0.39, 0.29) is 11.6 Å². The van der Waals surface area contributed by atoms with E-state index in [1.165, 1.54) is 6.92 Å². The van der Waals surface area contributed by atoms with Crippen molar-refractivity contribution in [1.82, 2.24) is 0 Å². The molecular formula is C41H36ClNO4S. The van der Waals surface area contributed by atoms with Gasteiger partial charge in [-0.3, -0.25) is 14.4 Å². The van der Waals surface area contributed by atoms with E-state index in [0.717, 1.165) is 27.5 Å². The molecule has 0 aliphatic rings. The van der Waals surface area contributed by atoms with E-state index in [9.17, 15) is 14.4 Å². The standard InChI is InChI=1S/C41H36ClNO4S/c1-4-39(47-29(3)44)38(26-27-48-36-24-18-32(42)19-25-36)41(46)31-16-22-35(23-17-31)43(33-11-6-5-7-12-33)34-20-14-30(15-21-34)40(45)37-13-9-8-10-28(37)2/h5-25H,4,26-27H2,1-3H3. The largest absolute Gasteiger partial charge is 0.431 e. The van der Waals surface area contributed by atoms with Crippen molar-refractivity contribution in [3.8, 4) is 0 Å². The van der Waals surface area contributed by atoms with Crippen molar-refractivity contribution in [2.75, 3.05) is 10.7 Å². The zero-order valence-electron chi connectivity index (χ0n) is 27.1. The van der Waals surface area contributed by atoms with Gasteiger partial charge in [0.05, 0.1) is 0 Å². The Morgan fingerprint density at radius 2 is 1.27 bits per heavy atom. The third-order valence-corrected chi connectivity index (χ3v) is 9.08. The van der Waals surface area contributed by atoms with Gasteiger partial charge in [-0.1, -0.05) is 61.0 Å². The van der Waals surface area contributed by atoms with Crippen LogP contribution in [0.3, 0.4) is 0 Å². The van der Waals surface area contributed by atoms with E-state index < -0.39 is 5.97 Å². The Bertz CT molecular complexity index is 1920. The number of aryl methyl sites for hydroxylation is 1. The number of ketones is 2. The number of carbonyl (C=O) groups excluding carboxylic acids is 3. The van der Waals surface area contributed by atoms with Gasteiger partial charge < -0.3 is 9.64 Å². The fourth-order valence-corrected chi connectivity index (χ4v) is 6.40. The second-order valence-electron chi connectivity index (χ2n) is 11.1. The summed E-state index contributed by atoms with van der Waals surface area (Å²) in [4.78, 5) is 42.2. The first-order chi connectivity index (χ1) is 23.2. The average molecular weight is 674 g/mol. The van der Waals surface area contributed by atoms with Crippen molar-refractivity contribution in [2.45, 2.75) is 38.5 Å². The quantitative estimate of drug-likeness (QED) is 0.0407. The number of benzene rings is 5. The molecular weight excluding hydrogens is 638 g/mol. The number of allylic oxidation sites excluding steroid dienone is 2. The van der Waals surface area contributed by atoms with Crippen LogP contribution in [-0.4, -0.2) is 23.3 Å². The van der Waals surface area contributed by atoms with Crippen LogP contribution in [0, 0.1) is 6.92 Å². The number of Topliss-reactive ketones (excluding diaryl/α,β-unsaturated/α-hetero) is 1. The molecule has 48 heavy (non-hydrogen) atoms. The molecule has 5 rings (SSSR count). The molecule has 0 aliphatic heterocycles. The van der Waals surface area contributed by atoms with Crippen molar-refractivity contribution in [3.63, 3.8) is 0 Å². The number of hydrogen-bond acceptors (Lipinski definition) is 6. The van der Waals surface area contributed by atoms with Crippen LogP contribution >= 0.6 is 23.4 Å². The number of halogens is 1. The normalized spacial score (nSPS) is 11.4. The molecule has 242 valence electrons. The van der Waals surface area contributed by atoms with Crippen LogP contribution in [0.4, 0.5) is 17.1 Å². The topological polar surface area (TPSA) is 63.7 Å². The number of ether oxygens (including phenoxy) is 1. The molecule has 0 N–H and O–H groups in total. The summed E-state index contributed by atoms with van der Waals surface area (Å²) in [5.74, 6) is 0.351. The molecule has 0 unspecified atom stereocenters. The van der Waals surface area contributed by atoms with E-state index in [4.69, 9.17) is 16.3 Å². The lowest BCUT2D eigenvalue weighted by Crippen LogP contribution is -2.13. The summed E-state index contributed by atoms with van der Waals surface area (Å²) in [6.07, 6.45) is 0.836. The van der Waals surface area contributed by atoms with E-state index in [2.05, 4.69) is 4.90 Å². The highest BCUT2D eigenvalue weighted by molar-refractivity contribution is 7.99. The van der Waals surface area contributed by atoms with Gasteiger partial charge in [-0.25, -0.2) is 0 Å². The van der Waals surface area contributed by atoms with Crippen LogP contribution < -0.4 is 4.90 Å². The molecule has 0 saturated carbocycles. The van der Waals surface area contributed by atoms with Gasteiger partial charge in [0.15, 0.2) is 11.6 Å². The minimum atomic E-state index is -0.456. The SMILES string of the molecule is CCC(OC(C)=O)=C(CCSc1ccc(Cl)cc1)C(=O)c1ccc(N(c2ccccc2)c2ccc(C(=O)c3ccccc3C)cc2)cc1. The highest BCUT2D eigenvalue weighted by Crippen LogP contribution is 2.35. The fourth-order valence-electron chi connectivity index (χ4n) is 5.41. The number of nitrogens with zero attached hydrogens (tertiary/aromatic N) is 1. The highest BCUT2D eigenvalue weighted by atomic mass is 35.5. The van der Waals surface area contributed by atoms with Gasteiger partial charge in [0, 0.05) is 68.3 Å². The van der Waals surface area contributed by atoms with Crippen molar-refractivity contribution < 1.29 is 19.1 Å². The molecule has 7 heteroatoms. The Balaban J connectivity index is 1.42. The maximum Gasteiger partial charge on any atom is 0.307 e. The molecule has 5 aromatic carbocycles. The maximum atomic E-state index is 14.0. The predicted molar refractivity (Wildman–Crippen MR) is 196 cm³/mol. The summed E-state index contributed by atoms with van der Waals surface area (Å²) in [5, 5.41) is 0.665. The predicted octanol–water partition coefficient (Wildman–Crippen LogP) is 10.9. The minimum Gasteiger partial charge on any atom is -0.431 e. The number of hydrogen-bond donors (Lipinski definition) is 0. The Labute approximate surface area is 291 Å². The Morgan fingerprint density at radius 3 is 1.85 bits per heavy atom. The van der Waals surface area contributed by atoms with Gasteiger partial charge >= 0.3 is 5.97 Å². The van der Waals surface area contributed by atoms with Crippen LogP contribution in [0.2, 0.25) is 5.02 Å². The van der Waals surface area contributed by atoms with Gasteiger partial charge in [-0.2, -0.15) is 0 Å². The number of thioether (sulfide) groups is 1. The third kappa shape index (κ3) is 8.51. The zero-order chi connectivity index (χ0) is 34.0. The number of rotatable bonds is 13. The second-order valence-corrected chi connectivity index (χ2v) is 12.7. The molecule has 0 atom stereocenters. The third-order valence-electron chi connectivity index (χ3n) is 7.81. The van der Waals surface area contributed by atoms with Gasteiger partial charge in [0.2, 0.25) is 0 Å². The Morgan fingerprint density at radius 1 is 0.708 bits per heavy atom. The Kier molecular flexibility index (Phi) is 11.7. The summed E-state index contributed by atoms with van der Waals surface area (Å²) in [6.45, 7) is 5.16. The number of carbonyl (C=O) groups is 3. The van der Waals surface area contributed by atoms with Gasteiger partial charge in [0.1, 0.15) is 5.76 Å². The van der Waals surface area contributed by atoms with Crippen LogP contribution in [0.25, 0.3) is 0 Å². The molecule has 0 amide bonds. The van der Waals surface area contributed by atoms with Crippen molar-refractivity contribution in [1.29, 1.82) is 0 Å². The molecule has 0 fully saturated rings. The lowest BCUT2D eigenvalue weighted by Gasteiger charge is -2.26. The molecule has 5 aromatic rings. The molecule has 0 aromatic heterocycles. The molecule has 5 nitrogen and oxygen atoms in total. The summed E-state index contributed by atoms with van der Waals surface area (Å²) in [6, 6.07) is 40.0. The first-order valence-corrected chi connectivity index (χ1v) is 17.1. The first kappa shape index (κ1) is 34.4. The molecule has 0 spiro atoms. The van der Waals surface area contributed by atoms with Crippen molar-refractivity contribution in [2.24, 2.45) is 0 Å². The van der Waals surface area contributed by atoms with Crippen molar-refractivity contribution in [3.05, 3.63) is 166 Å². The first-order valence-electron chi connectivity index (χ1n) is 15.7. The molecule has 0 radical (unpaired) electrons. The van der Waals surface area contributed by atoms with E-state index >= 15 is 0 Å². The van der Waals surface area contributed by atoms with E-state index in [1.807, 2.05) is 129 Å². The van der Waals surface area contributed by atoms with Gasteiger partial charge in [-0.15, -0.1) is 11.8 Å². The van der Waals surface area contributed by atoms with Crippen LogP contribution in [0.5, 0.6) is 0 Å². The zero-order valence-corrected chi connectivity index (χ0v) is 28.7. The van der Waals surface area contributed by atoms with Crippen molar-refractivity contribution >= 4 is 58.0 Å². The number of para-hydroxylation sites is 1. The minimum absolute atomic E-state index is 0.0237. The van der Waals surface area contributed by atoms with Crippen LogP contribution in [0.15, 0.2) is 144 Å². The maximum absolute atomic E-state index is 14.0. The van der Waals surface area contributed by atoms with Gasteiger partial charge in [0.25, 0.3) is 0 Å². The van der Waals surface area contributed by atoms with E-state index in [1.54, 1.807) is 23.9 Å². The summed E-state index contributed by atoms with van der Waals surface area (Å²) in [5.41, 5.74) is 5.84. The average Bonchev–Trinajstić information content (AvgIpc) is 3.11. The molecule has 0 heterocycles. The van der Waals surface area contributed by atoms with Gasteiger partial charge in [-0.05, 0) is 104 Å².